The molecule has 0 atom stereocenters. The molecule has 1 aliphatic heterocycles. The van der Waals surface area contributed by atoms with E-state index in [0.29, 0.717) is 43.4 Å². The molecule has 0 aliphatic carbocycles. The molecule has 21 heavy (non-hydrogen) atoms. The molecule has 1 aliphatic rings. The molecule has 1 N–H and O–H groups in total. The first-order chi connectivity index (χ1) is 10.1. The van der Waals surface area contributed by atoms with E-state index in [0.717, 1.165) is 5.82 Å². The Kier molecular flexibility index (Phi) is 3.73. The first kappa shape index (κ1) is 14.2. The van der Waals surface area contributed by atoms with E-state index >= 15 is 0 Å². The molecule has 0 amide bonds. The monoisotopic (exact) mass is 291 g/mol. The molecule has 1 saturated heterocycles. The van der Waals surface area contributed by atoms with Crippen LogP contribution in [0.25, 0.3) is 10.9 Å². The highest BCUT2D eigenvalue weighted by Gasteiger charge is 2.33. The fraction of sp³-hybridized carbons (Fsp3) is 0.467. The van der Waals surface area contributed by atoms with Gasteiger partial charge in [-0.05, 0) is 25.0 Å². The molecule has 0 spiro atoms. The Balaban J connectivity index is 1.88. The zero-order chi connectivity index (χ0) is 14.9. The number of fused-ring (bicyclic) bond motifs is 1. The zero-order valence-electron chi connectivity index (χ0n) is 11.9. The van der Waals surface area contributed by atoms with E-state index in [1.165, 1.54) is 12.4 Å². The second-order valence-electron chi connectivity index (χ2n) is 5.48. The molecule has 0 saturated carbocycles. The molecule has 5 nitrogen and oxygen atoms in total. The van der Waals surface area contributed by atoms with Crippen LogP contribution in [0, 0.1) is 5.82 Å². The lowest BCUT2D eigenvalue weighted by Crippen LogP contribution is -2.47. The molecular weight excluding hydrogens is 273 g/mol. The van der Waals surface area contributed by atoms with Gasteiger partial charge in [-0.3, -0.25) is 0 Å². The Bertz CT molecular complexity index is 642. The number of hydrogen-bond donors (Lipinski definition) is 1. The molecule has 2 aromatic rings. The fourth-order valence-corrected chi connectivity index (χ4v) is 2.84. The van der Waals surface area contributed by atoms with Gasteiger partial charge in [-0.15, -0.1) is 0 Å². The summed E-state index contributed by atoms with van der Waals surface area (Å²) in [4.78, 5) is 10.4. The van der Waals surface area contributed by atoms with Gasteiger partial charge in [0.05, 0.1) is 12.2 Å². The second kappa shape index (κ2) is 5.54. The summed E-state index contributed by atoms with van der Waals surface area (Å²) in [5, 5.41) is 11.1. The van der Waals surface area contributed by atoms with E-state index in [4.69, 9.17) is 4.74 Å². The Morgan fingerprint density at radius 2 is 2.10 bits per heavy atom. The van der Waals surface area contributed by atoms with Crippen LogP contribution in [0.2, 0.25) is 0 Å². The summed E-state index contributed by atoms with van der Waals surface area (Å²) < 4.78 is 18.9. The maximum Gasteiger partial charge on any atom is 0.149 e. The van der Waals surface area contributed by atoms with Crippen molar-refractivity contribution >= 4 is 16.7 Å². The largest absolute Gasteiger partial charge is 0.387 e. The smallest absolute Gasteiger partial charge is 0.149 e. The van der Waals surface area contributed by atoms with Gasteiger partial charge in [-0.25, -0.2) is 14.4 Å². The number of nitrogens with zero attached hydrogens (tertiary/aromatic N) is 3. The predicted octanol–water partition coefficient (Wildman–Crippen LogP) is 1.75. The molecule has 0 unspecified atom stereocenters. The molecule has 112 valence electrons. The third kappa shape index (κ3) is 2.69. The number of benzene rings is 1. The van der Waals surface area contributed by atoms with Gasteiger partial charge in [-0.2, -0.15) is 0 Å². The van der Waals surface area contributed by atoms with Gasteiger partial charge in [0.2, 0.25) is 0 Å². The molecule has 6 heteroatoms. The van der Waals surface area contributed by atoms with Crippen LogP contribution in [0.3, 0.4) is 0 Å². The van der Waals surface area contributed by atoms with Gasteiger partial charge in [0.25, 0.3) is 0 Å². The summed E-state index contributed by atoms with van der Waals surface area (Å²) in [6.45, 7) is 1.64. The van der Waals surface area contributed by atoms with Crippen molar-refractivity contribution in [3.63, 3.8) is 0 Å². The molecule has 1 aromatic carbocycles. The quantitative estimate of drug-likeness (QED) is 0.933. The highest BCUT2D eigenvalue weighted by molar-refractivity contribution is 5.89. The van der Waals surface area contributed by atoms with Gasteiger partial charge >= 0.3 is 0 Å². The van der Waals surface area contributed by atoms with Crippen molar-refractivity contribution in [2.24, 2.45) is 0 Å². The van der Waals surface area contributed by atoms with Crippen LogP contribution in [0.4, 0.5) is 10.2 Å². The molecule has 1 fully saturated rings. The average Bonchev–Trinajstić information content (AvgIpc) is 2.48. The number of rotatable bonds is 3. The van der Waals surface area contributed by atoms with E-state index < -0.39 is 5.60 Å². The van der Waals surface area contributed by atoms with Crippen LogP contribution in [-0.4, -0.2) is 47.5 Å². The third-order valence-corrected chi connectivity index (χ3v) is 4.00. The molecular formula is C15H18FN3O2. The van der Waals surface area contributed by atoms with Crippen molar-refractivity contribution in [3.05, 3.63) is 30.3 Å². The van der Waals surface area contributed by atoms with E-state index in [1.807, 2.05) is 6.07 Å². The van der Waals surface area contributed by atoms with Gasteiger partial charge in [-0.1, -0.05) is 6.07 Å². The van der Waals surface area contributed by atoms with E-state index in [-0.39, 0.29) is 5.82 Å². The zero-order valence-corrected chi connectivity index (χ0v) is 11.9. The van der Waals surface area contributed by atoms with Gasteiger partial charge in [0.15, 0.2) is 0 Å². The number of ether oxygens (including phenoxy) is 1. The SMILES string of the molecule is COCC1(O)CCN(c2ncnc3c(F)cccc23)CC1. The Hall–Kier alpha value is -1.79. The van der Waals surface area contributed by atoms with Crippen molar-refractivity contribution in [3.8, 4) is 0 Å². The number of anilines is 1. The summed E-state index contributed by atoms with van der Waals surface area (Å²) in [5.74, 6) is 0.378. The number of aromatic nitrogens is 2. The Labute approximate surface area is 122 Å². The molecule has 1 aromatic heterocycles. The van der Waals surface area contributed by atoms with Crippen molar-refractivity contribution in [2.45, 2.75) is 18.4 Å². The summed E-state index contributed by atoms with van der Waals surface area (Å²) in [7, 11) is 1.59. The summed E-state index contributed by atoms with van der Waals surface area (Å²) >= 11 is 0. The van der Waals surface area contributed by atoms with Crippen molar-refractivity contribution in [1.29, 1.82) is 0 Å². The number of aliphatic hydroxyl groups is 1. The second-order valence-corrected chi connectivity index (χ2v) is 5.48. The standard InChI is InChI=1S/C15H18FN3O2/c1-21-9-15(20)5-7-19(8-6-15)14-11-3-2-4-12(16)13(11)17-10-18-14/h2-4,10,20H,5-9H2,1H3. The third-order valence-electron chi connectivity index (χ3n) is 4.00. The van der Waals surface area contributed by atoms with E-state index in [1.54, 1.807) is 13.2 Å². The molecule has 0 radical (unpaired) electrons. The minimum absolute atomic E-state index is 0.333. The first-order valence-corrected chi connectivity index (χ1v) is 6.98. The maximum absolute atomic E-state index is 13.8. The van der Waals surface area contributed by atoms with Crippen molar-refractivity contribution in [2.75, 3.05) is 31.7 Å². The lowest BCUT2D eigenvalue weighted by molar-refractivity contribution is -0.0472. The maximum atomic E-state index is 13.8. The number of methoxy groups -OCH3 is 1. The topological polar surface area (TPSA) is 58.5 Å². The number of para-hydroxylation sites is 1. The number of piperidine rings is 1. The number of hydrogen-bond acceptors (Lipinski definition) is 5. The summed E-state index contributed by atoms with van der Waals surface area (Å²) in [5.41, 5.74) is -0.445. The van der Waals surface area contributed by atoms with Crippen LogP contribution >= 0.6 is 0 Å². The summed E-state index contributed by atoms with van der Waals surface area (Å²) in [6.07, 6.45) is 2.58. The Morgan fingerprint density at radius 1 is 1.33 bits per heavy atom. The number of halogens is 1. The first-order valence-electron chi connectivity index (χ1n) is 6.98. The van der Waals surface area contributed by atoms with E-state index in [2.05, 4.69) is 14.9 Å². The molecule has 0 bridgehead atoms. The van der Waals surface area contributed by atoms with Crippen LogP contribution in [0.1, 0.15) is 12.8 Å². The lowest BCUT2D eigenvalue weighted by atomic mass is 9.92. The van der Waals surface area contributed by atoms with Crippen LogP contribution in [-0.2, 0) is 4.74 Å². The fourth-order valence-electron chi connectivity index (χ4n) is 2.84. The average molecular weight is 291 g/mol. The van der Waals surface area contributed by atoms with Crippen molar-refractivity contribution < 1.29 is 14.2 Å². The molecule has 2 heterocycles. The normalized spacial score (nSPS) is 18.1. The highest BCUT2D eigenvalue weighted by Crippen LogP contribution is 2.30. The molecule has 3 rings (SSSR count). The minimum atomic E-state index is -0.778. The van der Waals surface area contributed by atoms with Crippen molar-refractivity contribution in [1.82, 2.24) is 9.97 Å². The minimum Gasteiger partial charge on any atom is -0.387 e. The van der Waals surface area contributed by atoms with Crippen LogP contribution in [0.15, 0.2) is 24.5 Å². The Morgan fingerprint density at radius 3 is 2.81 bits per heavy atom. The lowest BCUT2D eigenvalue weighted by Gasteiger charge is -2.38. The predicted molar refractivity (Wildman–Crippen MR) is 77.8 cm³/mol. The van der Waals surface area contributed by atoms with Gasteiger partial charge in [0.1, 0.15) is 23.5 Å². The van der Waals surface area contributed by atoms with Crippen LogP contribution in [0.5, 0.6) is 0 Å². The van der Waals surface area contributed by atoms with E-state index in [9.17, 15) is 9.50 Å². The highest BCUT2D eigenvalue weighted by atomic mass is 19.1. The van der Waals surface area contributed by atoms with Gasteiger partial charge in [0, 0.05) is 25.6 Å². The van der Waals surface area contributed by atoms with Gasteiger partial charge < -0.3 is 14.7 Å². The summed E-state index contributed by atoms with van der Waals surface area (Å²) in [6, 6.07) is 4.88. The van der Waals surface area contributed by atoms with Crippen LogP contribution < -0.4 is 4.90 Å².